The number of carbonyl (C=O) groups is 1. The van der Waals surface area contributed by atoms with Crippen LogP contribution in [0.1, 0.15) is 16.4 Å². The number of rotatable bonds is 4. The van der Waals surface area contributed by atoms with Gasteiger partial charge in [-0.25, -0.2) is 0 Å². The minimum atomic E-state index is -0.340. The smallest absolute Gasteiger partial charge is 0.287 e. The molecule has 142 valence electrons. The van der Waals surface area contributed by atoms with Crippen LogP contribution >= 0.6 is 15.9 Å². The van der Waals surface area contributed by atoms with Gasteiger partial charge in [0.25, 0.3) is 5.91 Å². The van der Waals surface area contributed by atoms with Crippen LogP contribution in [0.3, 0.4) is 0 Å². The molecule has 0 spiro atoms. The van der Waals surface area contributed by atoms with Gasteiger partial charge in [0.2, 0.25) is 11.7 Å². The summed E-state index contributed by atoms with van der Waals surface area (Å²) in [6.45, 7) is 0.109. The zero-order valence-corrected chi connectivity index (χ0v) is 16.6. The first-order chi connectivity index (χ1) is 14.2. The molecule has 0 aliphatic carbocycles. The molecule has 2 aromatic heterocycles. The van der Waals surface area contributed by atoms with Crippen molar-refractivity contribution in [3.63, 3.8) is 0 Å². The van der Waals surface area contributed by atoms with E-state index < -0.39 is 0 Å². The average molecular weight is 448 g/mol. The van der Waals surface area contributed by atoms with Crippen molar-refractivity contribution < 1.29 is 13.7 Å². The van der Waals surface area contributed by atoms with Crippen molar-refractivity contribution in [2.75, 3.05) is 0 Å². The number of nitrogens with zero attached hydrogens (tertiary/aromatic N) is 2. The van der Waals surface area contributed by atoms with E-state index in [1.165, 1.54) is 0 Å². The second-order valence-corrected chi connectivity index (χ2v) is 7.43. The van der Waals surface area contributed by atoms with E-state index in [1.54, 1.807) is 6.07 Å². The van der Waals surface area contributed by atoms with Gasteiger partial charge >= 0.3 is 0 Å². The maximum atomic E-state index is 12.5. The monoisotopic (exact) mass is 447 g/mol. The van der Waals surface area contributed by atoms with Crippen LogP contribution in [0.2, 0.25) is 0 Å². The quantitative estimate of drug-likeness (QED) is 0.402. The Hall–Kier alpha value is -3.45. The first kappa shape index (κ1) is 17.6. The lowest BCUT2D eigenvalue weighted by molar-refractivity contribution is 0.0920. The molecule has 7 heteroatoms. The lowest BCUT2D eigenvalue weighted by Crippen LogP contribution is -2.22. The Morgan fingerprint density at radius 3 is 2.79 bits per heavy atom. The molecule has 29 heavy (non-hydrogen) atoms. The van der Waals surface area contributed by atoms with Crippen molar-refractivity contribution in [1.82, 2.24) is 15.5 Å². The predicted octanol–water partition coefficient (Wildman–Crippen LogP) is 5.33. The number of carbonyl (C=O) groups excluding carboxylic acids is 1. The molecule has 2 heterocycles. The number of furan rings is 1. The summed E-state index contributed by atoms with van der Waals surface area (Å²) in [7, 11) is 0. The Bertz CT molecular complexity index is 1360. The van der Waals surface area contributed by atoms with Crippen molar-refractivity contribution in [3.8, 4) is 11.4 Å². The highest BCUT2D eigenvalue weighted by Crippen LogP contribution is 2.28. The van der Waals surface area contributed by atoms with Crippen LogP contribution in [-0.2, 0) is 6.54 Å². The topological polar surface area (TPSA) is 81.2 Å². The van der Waals surface area contributed by atoms with E-state index in [-0.39, 0.29) is 18.2 Å². The van der Waals surface area contributed by atoms with E-state index in [0.29, 0.717) is 17.3 Å². The molecule has 1 amide bonds. The molecule has 0 bridgehead atoms. The molecule has 3 aromatic carbocycles. The molecule has 0 radical (unpaired) electrons. The summed E-state index contributed by atoms with van der Waals surface area (Å²) in [5, 5.41) is 9.77. The average Bonchev–Trinajstić information content (AvgIpc) is 3.39. The van der Waals surface area contributed by atoms with Crippen LogP contribution in [0.4, 0.5) is 0 Å². The van der Waals surface area contributed by atoms with Crippen LogP contribution in [0.25, 0.3) is 33.1 Å². The number of benzene rings is 3. The van der Waals surface area contributed by atoms with Gasteiger partial charge in [-0.15, -0.1) is 0 Å². The molecule has 5 aromatic rings. The predicted molar refractivity (Wildman–Crippen MR) is 112 cm³/mol. The minimum Gasteiger partial charge on any atom is -0.451 e. The number of hydrogen-bond donors (Lipinski definition) is 1. The van der Waals surface area contributed by atoms with Crippen molar-refractivity contribution in [3.05, 3.63) is 82.9 Å². The number of nitrogens with one attached hydrogen (secondary N) is 1. The van der Waals surface area contributed by atoms with Gasteiger partial charge in [-0.1, -0.05) is 63.6 Å². The summed E-state index contributed by atoms with van der Waals surface area (Å²) >= 11 is 3.42. The SMILES string of the molecule is O=C(NCc1nc(-c2cccc(Br)c2)no1)c1cc2c(ccc3ccccc32)o1. The van der Waals surface area contributed by atoms with Gasteiger partial charge in [0.15, 0.2) is 5.76 Å². The molecule has 5 rings (SSSR count). The Morgan fingerprint density at radius 2 is 1.90 bits per heavy atom. The van der Waals surface area contributed by atoms with Crippen molar-refractivity contribution in [2.24, 2.45) is 0 Å². The Morgan fingerprint density at radius 1 is 1.00 bits per heavy atom. The molecule has 1 N–H and O–H groups in total. The zero-order chi connectivity index (χ0) is 19.8. The third kappa shape index (κ3) is 3.40. The van der Waals surface area contributed by atoms with Gasteiger partial charge in [-0.2, -0.15) is 4.98 Å². The van der Waals surface area contributed by atoms with Crippen molar-refractivity contribution >= 4 is 43.6 Å². The summed E-state index contributed by atoms with van der Waals surface area (Å²) in [5.41, 5.74) is 1.49. The molecule has 0 saturated carbocycles. The van der Waals surface area contributed by atoms with Gasteiger partial charge < -0.3 is 14.3 Å². The lowest BCUT2D eigenvalue weighted by Gasteiger charge is -1.98. The standard InChI is InChI=1S/C22H14BrN3O3/c23-15-6-3-5-14(10-15)21-25-20(29-26-21)12-24-22(27)19-11-17-16-7-2-1-4-13(16)8-9-18(17)28-19/h1-11H,12H2,(H,24,27). The molecule has 0 unspecified atom stereocenters. The number of aromatic nitrogens is 2. The fourth-order valence-corrected chi connectivity index (χ4v) is 3.62. The maximum Gasteiger partial charge on any atom is 0.287 e. The highest BCUT2D eigenvalue weighted by molar-refractivity contribution is 9.10. The van der Waals surface area contributed by atoms with Gasteiger partial charge in [0.05, 0.1) is 6.54 Å². The third-order valence-electron chi connectivity index (χ3n) is 4.60. The molecule has 0 saturated heterocycles. The Labute approximate surface area is 173 Å². The van der Waals surface area contributed by atoms with E-state index in [0.717, 1.165) is 26.2 Å². The van der Waals surface area contributed by atoms with Gasteiger partial charge in [-0.05, 0) is 35.0 Å². The number of fused-ring (bicyclic) bond motifs is 3. The van der Waals surface area contributed by atoms with E-state index in [9.17, 15) is 4.79 Å². The van der Waals surface area contributed by atoms with Crippen LogP contribution in [-0.4, -0.2) is 16.0 Å². The fraction of sp³-hybridized carbons (Fsp3) is 0.0455. The van der Waals surface area contributed by atoms with E-state index >= 15 is 0 Å². The Balaban J connectivity index is 1.34. The second kappa shape index (κ2) is 7.18. The molecule has 0 aliphatic rings. The molecule has 0 fully saturated rings. The fourth-order valence-electron chi connectivity index (χ4n) is 3.22. The molecule has 0 atom stereocenters. The lowest BCUT2D eigenvalue weighted by atomic mass is 10.1. The highest BCUT2D eigenvalue weighted by atomic mass is 79.9. The molecular formula is C22H14BrN3O3. The van der Waals surface area contributed by atoms with Crippen LogP contribution < -0.4 is 5.32 Å². The largest absolute Gasteiger partial charge is 0.451 e. The molecule has 0 aliphatic heterocycles. The number of halogens is 1. The van der Waals surface area contributed by atoms with Crippen LogP contribution in [0.15, 0.2) is 80.1 Å². The third-order valence-corrected chi connectivity index (χ3v) is 5.09. The van der Waals surface area contributed by atoms with Crippen molar-refractivity contribution in [2.45, 2.75) is 6.54 Å². The number of amides is 1. The van der Waals surface area contributed by atoms with Crippen LogP contribution in [0.5, 0.6) is 0 Å². The maximum absolute atomic E-state index is 12.5. The van der Waals surface area contributed by atoms with Gasteiger partial charge in [0, 0.05) is 15.4 Å². The summed E-state index contributed by atoms with van der Waals surface area (Å²) in [5.74, 6) is 0.677. The van der Waals surface area contributed by atoms with E-state index in [1.807, 2.05) is 60.7 Å². The summed E-state index contributed by atoms with van der Waals surface area (Å²) in [6, 6.07) is 21.2. The zero-order valence-electron chi connectivity index (χ0n) is 15.1. The van der Waals surface area contributed by atoms with E-state index in [4.69, 9.17) is 8.94 Å². The molecular weight excluding hydrogens is 434 g/mol. The van der Waals surface area contributed by atoms with Crippen LogP contribution in [0, 0.1) is 0 Å². The minimum absolute atomic E-state index is 0.109. The summed E-state index contributed by atoms with van der Waals surface area (Å²) in [6.07, 6.45) is 0. The summed E-state index contributed by atoms with van der Waals surface area (Å²) < 4.78 is 11.9. The van der Waals surface area contributed by atoms with E-state index in [2.05, 4.69) is 31.4 Å². The van der Waals surface area contributed by atoms with Gasteiger partial charge in [-0.3, -0.25) is 4.79 Å². The number of hydrogen-bond acceptors (Lipinski definition) is 5. The van der Waals surface area contributed by atoms with Gasteiger partial charge in [0.1, 0.15) is 5.58 Å². The molecule has 6 nitrogen and oxygen atoms in total. The highest BCUT2D eigenvalue weighted by Gasteiger charge is 2.15. The first-order valence-corrected chi connectivity index (χ1v) is 9.75. The normalized spacial score (nSPS) is 11.2. The summed E-state index contributed by atoms with van der Waals surface area (Å²) in [4.78, 5) is 16.9. The second-order valence-electron chi connectivity index (χ2n) is 6.51. The van der Waals surface area contributed by atoms with Crippen molar-refractivity contribution in [1.29, 1.82) is 0 Å². The Kier molecular flexibility index (Phi) is 4.37. The first-order valence-electron chi connectivity index (χ1n) is 8.95.